The Bertz CT molecular complexity index is 700. The normalized spacial score (nSPS) is 14.5. The first-order valence-electron chi connectivity index (χ1n) is 4.76. The Morgan fingerprint density at radius 2 is 1.88 bits per heavy atom. The fourth-order valence-corrected chi connectivity index (χ4v) is 1.85. The monoisotopic (exact) mass is 214 g/mol. The van der Waals surface area contributed by atoms with Gasteiger partial charge in [0.2, 0.25) is 11.7 Å². The van der Waals surface area contributed by atoms with Crippen LogP contribution in [0.5, 0.6) is 0 Å². The molecule has 0 amide bonds. The predicted octanol–water partition coefficient (Wildman–Crippen LogP) is 0.623. The third-order valence-corrected chi connectivity index (χ3v) is 2.59. The van der Waals surface area contributed by atoms with Crippen LogP contribution in [0.2, 0.25) is 0 Å². The summed E-state index contributed by atoms with van der Waals surface area (Å²) < 4.78 is 0.866. The SMILES string of the molecule is O=C1CC(=O)n2c1nc1ccccc1c2=O. The summed E-state index contributed by atoms with van der Waals surface area (Å²) in [7, 11) is 0. The summed E-state index contributed by atoms with van der Waals surface area (Å²) in [6.45, 7) is 0. The molecule has 1 aliphatic rings. The third kappa shape index (κ3) is 0.995. The zero-order valence-corrected chi connectivity index (χ0v) is 8.14. The van der Waals surface area contributed by atoms with Gasteiger partial charge in [0.05, 0.1) is 17.3 Å². The quantitative estimate of drug-likeness (QED) is 0.603. The first kappa shape index (κ1) is 8.96. The number of nitrogens with zero attached hydrogens (tertiary/aromatic N) is 2. The molecule has 0 fully saturated rings. The summed E-state index contributed by atoms with van der Waals surface area (Å²) in [5, 5.41) is 0.356. The Kier molecular flexibility index (Phi) is 1.60. The van der Waals surface area contributed by atoms with E-state index in [1.54, 1.807) is 24.3 Å². The highest BCUT2D eigenvalue weighted by Gasteiger charge is 2.30. The minimum absolute atomic E-state index is 0.0475. The molecule has 2 aromatic rings. The van der Waals surface area contributed by atoms with Crippen LogP contribution in [-0.4, -0.2) is 21.2 Å². The number of carbonyl (C=O) groups is 2. The van der Waals surface area contributed by atoms with Gasteiger partial charge in [0.25, 0.3) is 5.56 Å². The number of rotatable bonds is 0. The Balaban J connectivity index is 2.55. The van der Waals surface area contributed by atoms with E-state index in [-0.39, 0.29) is 12.2 Å². The molecule has 78 valence electrons. The molecule has 5 heteroatoms. The number of fused-ring (bicyclic) bond motifs is 2. The number of hydrogen-bond acceptors (Lipinski definition) is 4. The van der Waals surface area contributed by atoms with Gasteiger partial charge in [-0.25, -0.2) is 9.55 Å². The highest BCUT2D eigenvalue weighted by atomic mass is 16.2. The minimum atomic E-state index is -0.497. The van der Waals surface area contributed by atoms with Crippen LogP contribution in [0.25, 0.3) is 10.9 Å². The largest absolute Gasteiger partial charge is 0.290 e. The zero-order valence-electron chi connectivity index (χ0n) is 8.14. The van der Waals surface area contributed by atoms with E-state index in [0.29, 0.717) is 10.9 Å². The van der Waals surface area contributed by atoms with Crippen molar-refractivity contribution < 1.29 is 9.59 Å². The molecule has 1 aromatic heterocycles. The van der Waals surface area contributed by atoms with E-state index >= 15 is 0 Å². The van der Waals surface area contributed by atoms with E-state index in [2.05, 4.69) is 4.98 Å². The Labute approximate surface area is 89.3 Å². The van der Waals surface area contributed by atoms with Gasteiger partial charge in [0.1, 0.15) is 0 Å². The molecular weight excluding hydrogens is 208 g/mol. The van der Waals surface area contributed by atoms with Gasteiger partial charge in [-0.05, 0) is 12.1 Å². The van der Waals surface area contributed by atoms with Crippen LogP contribution in [0, 0.1) is 0 Å². The summed E-state index contributed by atoms with van der Waals surface area (Å²) in [6, 6.07) is 6.66. The van der Waals surface area contributed by atoms with Crippen molar-refractivity contribution in [2.24, 2.45) is 0 Å². The Morgan fingerprint density at radius 1 is 1.12 bits per heavy atom. The number of aromatic nitrogens is 2. The second-order valence-corrected chi connectivity index (χ2v) is 3.59. The number of para-hydroxylation sites is 1. The molecule has 0 aliphatic carbocycles. The standard InChI is InChI=1S/C11H6N2O3/c14-8-5-9(15)13-10(8)12-7-4-2-1-3-6(7)11(13)16/h1-4H,5H2. The lowest BCUT2D eigenvalue weighted by atomic mass is 10.2. The topological polar surface area (TPSA) is 69.0 Å². The molecule has 5 nitrogen and oxygen atoms in total. The van der Waals surface area contributed by atoms with Gasteiger partial charge in [-0.1, -0.05) is 12.1 Å². The number of ketones is 1. The van der Waals surface area contributed by atoms with Crippen molar-refractivity contribution in [1.82, 2.24) is 9.55 Å². The van der Waals surface area contributed by atoms with Crippen LogP contribution >= 0.6 is 0 Å². The molecule has 0 N–H and O–H groups in total. The summed E-state index contributed by atoms with van der Waals surface area (Å²) in [6.07, 6.45) is -0.265. The number of benzene rings is 1. The van der Waals surface area contributed by atoms with Crippen LogP contribution in [0.3, 0.4) is 0 Å². The predicted molar refractivity (Wildman–Crippen MR) is 55.6 cm³/mol. The lowest BCUT2D eigenvalue weighted by Gasteiger charge is -2.01. The molecule has 0 atom stereocenters. The molecule has 1 aromatic carbocycles. The van der Waals surface area contributed by atoms with Crippen molar-refractivity contribution in [3.8, 4) is 0 Å². The van der Waals surface area contributed by atoms with Crippen LogP contribution in [0.4, 0.5) is 0 Å². The van der Waals surface area contributed by atoms with Crippen LogP contribution < -0.4 is 5.56 Å². The van der Waals surface area contributed by atoms with E-state index in [4.69, 9.17) is 0 Å². The Morgan fingerprint density at radius 3 is 2.69 bits per heavy atom. The average Bonchev–Trinajstić information content (AvgIpc) is 2.55. The van der Waals surface area contributed by atoms with Gasteiger partial charge in [-0.2, -0.15) is 0 Å². The van der Waals surface area contributed by atoms with Gasteiger partial charge in [0, 0.05) is 0 Å². The number of Topliss-reactive ketones (excluding diaryl/α,β-unsaturated/α-hetero) is 1. The highest BCUT2D eigenvalue weighted by molar-refractivity contribution is 6.14. The Hall–Kier alpha value is -2.30. The molecule has 0 spiro atoms. The van der Waals surface area contributed by atoms with Crippen molar-refractivity contribution >= 4 is 22.6 Å². The smallest absolute Gasteiger partial charge is 0.268 e. The van der Waals surface area contributed by atoms with Crippen molar-refractivity contribution in [2.75, 3.05) is 0 Å². The van der Waals surface area contributed by atoms with Crippen LogP contribution in [0.1, 0.15) is 21.8 Å². The first-order chi connectivity index (χ1) is 7.68. The van der Waals surface area contributed by atoms with Crippen LogP contribution in [0.15, 0.2) is 29.1 Å². The fraction of sp³-hybridized carbons (Fsp3) is 0.0909. The molecule has 0 unspecified atom stereocenters. The molecular formula is C11H6N2O3. The summed E-state index contributed by atoms with van der Waals surface area (Å²) in [4.78, 5) is 38.8. The maximum absolute atomic E-state index is 11.9. The number of hydrogen-bond donors (Lipinski definition) is 0. The summed E-state index contributed by atoms with van der Waals surface area (Å²) >= 11 is 0. The summed E-state index contributed by atoms with van der Waals surface area (Å²) in [5.41, 5.74) is -0.0155. The number of carbonyl (C=O) groups excluding carboxylic acids is 2. The molecule has 0 saturated carbocycles. The van der Waals surface area contributed by atoms with Gasteiger partial charge >= 0.3 is 0 Å². The average molecular weight is 214 g/mol. The molecule has 2 heterocycles. The van der Waals surface area contributed by atoms with Crippen molar-refractivity contribution in [1.29, 1.82) is 0 Å². The van der Waals surface area contributed by atoms with E-state index in [1.807, 2.05) is 0 Å². The summed E-state index contributed by atoms with van der Waals surface area (Å²) in [5.74, 6) is -0.940. The molecule has 3 rings (SSSR count). The van der Waals surface area contributed by atoms with Gasteiger partial charge in [-0.3, -0.25) is 14.4 Å². The molecule has 0 radical (unpaired) electrons. The maximum atomic E-state index is 11.9. The van der Waals surface area contributed by atoms with Gasteiger partial charge in [0.15, 0.2) is 5.82 Å². The molecule has 1 aliphatic heterocycles. The van der Waals surface area contributed by atoms with Gasteiger partial charge < -0.3 is 0 Å². The van der Waals surface area contributed by atoms with Crippen LogP contribution in [-0.2, 0) is 0 Å². The van der Waals surface area contributed by atoms with Crippen molar-refractivity contribution in [3.63, 3.8) is 0 Å². The minimum Gasteiger partial charge on any atom is -0.290 e. The molecule has 16 heavy (non-hydrogen) atoms. The van der Waals surface area contributed by atoms with Crippen molar-refractivity contribution in [2.45, 2.75) is 6.42 Å². The van der Waals surface area contributed by atoms with E-state index in [0.717, 1.165) is 4.57 Å². The lowest BCUT2D eigenvalue weighted by Crippen LogP contribution is -2.25. The second-order valence-electron chi connectivity index (χ2n) is 3.59. The molecule has 0 saturated heterocycles. The zero-order chi connectivity index (χ0) is 11.3. The fourth-order valence-electron chi connectivity index (χ4n) is 1.85. The first-order valence-corrected chi connectivity index (χ1v) is 4.76. The lowest BCUT2D eigenvalue weighted by molar-refractivity contribution is 0.0888. The van der Waals surface area contributed by atoms with E-state index in [1.165, 1.54) is 0 Å². The second kappa shape index (κ2) is 2.85. The van der Waals surface area contributed by atoms with Crippen molar-refractivity contribution in [3.05, 3.63) is 40.4 Å². The highest BCUT2D eigenvalue weighted by Crippen LogP contribution is 2.14. The van der Waals surface area contributed by atoms with E-state index < -0.39 is 17.2 Å². The van der Waals surface area contributed by atoms with E-state index in [9.17, 15) is 14.4 Å². The maximum Gasteiger partial charge on any atom is 0.268 e. The third-order valence-electron chi connectivity index (χ3n) is 2.59. The van der Waals surface area contributed by atoms with Gasteiger partial charge in [-0.15, -0.1) is 0 Å². The molecule has 0 bridgehead atoms.